The van der Waals surface area contributed by atoms with E-state index in [4.69, 9.17) is 20.5 Å². The predicted molar refractivity (Wildman–Crippen MR) is 78.3 cm³/mol. The van der Waals surface area contributed by atoms with Crippen LogP contribution in [0.25, 0.3) is 10.4 Å². The summed E-state index contributed by atoms with van der Waals surface area (Å²) in [5.41, 5.74) is 7.55. The molecule has 1 rings (SSSR count). The van der Waals surface area contributed by atoms with Crippen molar-refractivity contribution in [2.45, 2.75) is 25.7 Å². The van der Waals surface area contributed by atoms with Gasteiger partial charge in [0.25, 0.3) is 0 Å². The lowest BCUT2D eigenvalue weighted by Crippen LogP contribution is -2.08. The number of unbranched alkanes of at least 4 members (excludes halogenated alkanes) is 3. The lowest BCUT2D eigenvalue weighted by atomic mass is 10.1. The van der Waals surface area contributed by atoms with E-state index in [-0.39, 0.29) is 11.1 Å². The molecule has 0 amide bonds. The van der Waals surface area contributed by atoms with E-state index < -0.39 is 11.9 Å². The normalized spacial score (nSPS) is 9.82. The Morgan fingerprint density at radius 3 is 2.41 bits per heavy atom. The van der Waals surface area contributed by atoms with Crippen molar-refractivity contribution in [2.75, 3.05) is 13.2 Å². The van der Waals surface area contributed by atoms with Gasteiger partial charge in [-0.05, 0) is 36.6 Å². The number of ether oxygens (including phenoxy) is 1. The molecule has 0 aromatic heterocycles. The van der Waals surface area contributed by atoms with E-state index in [0.29, 0.717) is 18.9 Å². The monoisotopic (exact) mass is 307 g/mol. The van der Waals surface area contributed by atoms with Gasteiger partial charge < -0.3 is 14.9 Å². The zero-order valence-corrected chi connectivity index (χ0v) is 11.9. The van der Waals surface area contributed by atoms with Crippen LogP contribution < -0.4 is 4.74 Å². The highest BCUT2D eigenvalue weighted by molar-refractivity contribution is 6.01. The SMILES string of the molecule is [N-]=[N+]=NCCCCCCOc1ccc(C(=O)O)c(C(=O)O)c1. The van der Waals surface area contributed by atoms with Crippen molar-refractivity contribution < 1.29 is 24.5 Å². The summed E-state index contributed by atoms with van der Waals surface area (Å²) in [5, 5.41) is 21.3. The molecule has 22 heavy (non-hydrogen) atoms. The summed E-state index contributed by atoms with van der Waals surface area (Å²) < 4.78 is 5.42. The summed E-state index contributed by atoms with van der Waals surface area (Å²) in [6.45, 7) is 0.892. The summed E-state index contributed by atoms with van der Waals surface area (Å²) >= 11 is 0. The summed E-state index contributed by atoms with van der Waals surface area (Å²) in [5.74, 6) is -2.26. The molecule has 0 saturated carbocycles. The average molecular weight is 307 g/mol. The Labute approximate surface area is 127 Å². The molecule has 0 heterocycles. The Balaban J connectivity index is 2.43. The van der Waals surface area contributed by atoms with Crippen molar-refractivity contribution in [3.8, 4) is 5.75 Å². The van der Waals surface area contributed by atoms with Crippen molar-refractivity contribution in [2.24, 2.45) is 5.11 Å². The molecule has 118 valence electrons. The van der Waals surface area contributed by atoms with E-state index in [1.165, 1.54) is 18.2 Å². The third-order valence-electron chi connectivity index (χ3n) is 2.94. The number of nitrogens with zero attached hydrogens (tertiary/aromatic N) is 3. The molecule has 0 spiro atoms. The summed E-state index contributed by atoms with van der Waals surface area (Å²) in [7, 11) is 0. The highest BCUT2D eigenvalue weighted by atomic mass is 16.5. The van der Waals surface area contributed by atoms with Gasteiger partial charge in [0, 0.05) is 11.5 Å². The first-order chi connectivity index (χ1) is 10.6. The number of carboxylic acid groups (broad SMARTS) is 2. The Hall–Kier alpha value is -2.73. The molecule has 0 fully saturated rings. The topological polar surface area (TPSA) is 133 Å². The van der Waals surface area contributed by atoms with E-state index >= 15 is 0 Å². The van der Waals surface area contributed by atoms with Gasteiger partial charge in [-0.1, -0.05) is 18.0 Å². The third-order valence-corrected chi connectivity index (χ3v) is 2.94. The van der Waals surface area contributed by atoms with Crippen LogP contribution in [0, 0.1) is 0 Å². The second-order valence-corrected chi connectivity index (χ2v) is 4.53. The molecule has 1 aromatic carbocycles. The van der Waals surface area contributed by atoms with Gasteiger partial charge in [-0.3, -0.25) is 0 Å². The Morgan fingerprint density at radius 1 is 1.09 bits per heavy atom. The van der Waals surface area contributed by atoms with Gasteiger partial charge in [0.05, 0.1) is 17.7 Å². The molecule has 8 nitrogen and oxygen atoms in total. The predicted octanol–water partition coefficient (Wildman–Crippen LogP) is 3.33. The molecule has 0 bridgehead atoms. The zero-order chi connectivity index (χ0) is 16.4. The molecule has 0 unspecified atom stereocenters. The number of azide groups is 1. The molecule has 0 aliphatic rings. The molecule has 8 heteroatoms. The number of carbonyl (C=O) groups is 2. The molecule has 0 saturated heterocycles. The van der Waals surface area contributed by atoms with Gasteiger partial charge in [0.1, 0.15) is 5.75 Å². The van der Waals surface area contributed by atoms with E-state index in [0.717, 1.165) is 25.7 Å². The maximum atomic E-state index is 11.0. The second-order valence-electron chi connectivity index (χ2n) is 4.53. The lowest BCUT2D eigenvalue weighted by molar-refractivity contribution is 0.0651. The van der Waals surface area contributed by atoms with Crippen LogP contribution in [0.1, 0.15) is 46.4 Å². The van der Waals surface area contributed by atoms with Crippen molar-refractivity contribution in [3.63, 3.8) is 0 Å². The summed E-state index contributed by atoms with van der Waals surface area (Å²) in [4.78, 5) is 24.6. The van der Waals surface area contributed by atoms with E-state index in [1.54, 1.807) is 0 Å². The average Bonchev–Trinajstić information content (AvgIpc) is 2.49. The minimum absolute atomic E-state index is 0.266. The number of carboxylic acids is 2. The Morgan fingerprint density at radius 2 is 1.77 bits per heavy atom. The molecule has 2 N–H and O–H groups in total. The first-order valence-corrected chi connectivity index (χ1v) is 6.80. The largest absolute Gasteiger partial charge is 0.494 e. The number of rotatable bonds is 10. The molecule has 0 aliphatic heterocycles. The summed E-state index contributed by atoms with van der Waals surface area (Å²) in [6.07, 6.45) is 3.42. The third kappa shape index (κ3) is 5.72. The lowest BCUT2D eigenvalue weighted by Gasteiger charge is -2.08. The van der Waals surface area contributed by atoms with Crippen LogP contribution in [-0.2, 0) is 0 Å². The minimum atomic E-state index is -1.30. The highest BCUT2D eigenvalue weighted by Crippen LogP contribution is 2.19. The van der Waals surface area contributed by atoms with Crippen molar-refractivity contribution in [3.05, 3.63) is 39.8 Å². The second kappa shape index (κ2) is 9.25. The van der Waals surface area contributed by atoms with Crippen LogP contribution in [-0.4, -0.2) is 35.3 Å². The number of hydrogen-bond acceptors (Lipinski definition) is 4. The smallest absolute Gasteiger partial charge is 0.336 e. The van der Waals surface area contributed by atoms with Gasteiger partial charge in [0.2, 0.25) is 0 Å². The minimum Gasteiger partial charge on any atom is -0.494 e. The maximum Gasteiger partial charge on any atom is 0.336 e. The number of hydrogen-bond donors (Lipinski definition) is 2. The van der Waals surface area contributed by atoms with Gasteiger partial charge in [0.15, 0.2) is 0 Å². The quantitative estimate of drug-likeness (QED) is 0.296. The maximum absolute atomic E-state index is 11.0. The van der Waals surface area contributed by atoms with E-state index in [2.05, 4.69) is 10.0 Å². The van der Waals surface area contributed by atoms with Crippen LogP contribution in [0.3, 0.4) is 0 Å². The standard InChI is InChI=1S/C14H17N3O5/c15-17-16-7-3-1-2-4-8-22-10-5-6-11(13(18)19)12(9-10)14(20)21/h5-6,9H,1-4,7-8H2,(H,18,19)(H,20,21). The van der Waals surface area contributed by atoms with Crippen molar-refractivity contribution in [1.29, 1.82) is 0 Å². The van der Waals surface area contributed by atoms with Gasteiger partial charge in [-0.2, -0.15) is 0 Å². The van der Waals surface area contributed by atoms with Crippen LogP contribution in [0.2, 0.25) is 0 Å². The molecular weight excluding hydrogens is 290 g/mol. The first kappa shape index (κ1) is 17.3. The zero-order valence-electron chi connectivity index (χ0n) is 11.9. The van der Waals surface area contributed by atoms with Gasteiger partial charge in [-0.15, -0.1) is 0 Å². The van der Waals surface area contributed by atoms with Crippen LogP contribution in [0.5, 0.6) is 5.75 Å². The fraction of sp³-hybridized carbons (Fsp3) is 0.429. The number of aromatic carboxylic acids is 2. The van der Waals surface area contributed by atoms with Crippen molar-refractivity contribution in [1.82, 2.24) is 0 Å². The highest BCUT2D eigenvalue weighted by Gasteiger charge is 2.16. The van der Waals surface area contributed by atoms with Crippen LogP contribution >= 0.6 is 0 Å². The van der Waals surface area contributed by atoms with E-state index in [1.807, 2.05) is 0 Å². The van der Waals surface area contributed by atoms with Crippen LogP contribution in [0.15, 0.2) is 23.3 Å². The van der Waals surface area contributed by atoms with E-state index in [9.17, 15) is 9.59 Å². The summed E-state index contributed by atoms with van der Waals surface area (Å²) in [6, 6.07) is 3.88. The first-order valence-electron chi connectivity index (χ1n) is 6.80. The fourth-order valence-electron chi connectivity index (χ4n) is 1.85. The molecule has 0 radical (unpaired) electrons. The van der Waals surface area contributed by atoms with Gasteiger partial charge >= 0.3 is 11.9 Å². The molecular formula is C14H17N3O5. The number of benzene rings is 1. The Bertz CT molecular complexity index is 582. The fourth-order valence-corrected chi connectivity index (χ4v) is 1.85. The van der Waals surface area contributed by atoms with Crippen LogP contribution in [0.4, 0.5) is 0 Å². The van der Waals surface area contributed by atoms with Crippen molar-refractivity contribution >= 4 is 11.9 Å². The Kier molecular flexibility index (Phi) is 7.28. The molecule has 0 atom stereocenters. The van der Waals surface area contributed by atoms with Gasteiger partial charge in [-0.25, -0.2) is 9.59 Å². The molecule has 1 aromatic rings. The molecule has 0 aliphatic carbocycles.